The van der Waals surface area contributed by atoms with Gasteiger partial charge in [0.05, 0.1) is 0 Å². The first kappa shape index (κ1) is 36.6. The average Bonchev–Trinajstić information content (AvgIpc) is 2.56. The first-order chi connectivity index (χ1) is 12.6. The third-order valence-electron chi connectivity index (χ3n) is 2.99. The van der Waals surface area contributed by atoms with Gasteiger partial charge in [0.15, 0.2) is 0 Å². The normalized spacial score (nSPS) is 7.89. The first-order valence-corrected chi connectivity index (χ1v) is 10.7. The van der Waals surface area contributed by atoms with Crippen LogP contribution in [0.3, 0.4) is 0 Å². The quantitative estimate of drug-likeness (QED) is 0.318. The van der Waals surface area contributed by atoms with Gasteiger partial charge >= 0.3 is 0 Å². The Morgan fingerprint density at radius 3 is 1.22 bits per heavy atom. The van der Waals surface area contributed by atoms with Gasteiger partial charge in [-0.05, 0) is 60.0 Å². The fraction of sp³-hybridized carbons (Fsp3) is 0.630. The minimum Gasteiger partial charge on any atom is -0.103 e. The molecule has 0 aromatic carbocycles. The van der Waals surface area contributed by atoms with E-state index in [-0.39, 0.29) is 0 Å². The molecule has 0 aliphatic heterocycles. The second-order valence-corrected chi connectivity index (χ2v) is 6.91. The topological polar surface area (TPSA) is 0 Å². The van der Waals surface area contributed by atoms with E-state index < -0.39 is 0 Å². The van der Waals surface area contributed by atoms with Crippen molar-refractivity contribution in [2.45, 2.75) is 109 Å². The summed E-state index contributed by atoms with van der Waals surface area (Å²) in [6.45, 7) is 35.8. The zero-order valence-corrected chi connectivity index (χ0v) is 21.3. The van der Waals surface area contributed by atoms with Crippen molar-refractivity contribution in [2.75, 3.05) is 0 Å². The van der Waals surface area contributed by atoms with Gasteiger partial charge in [0.2, 0.25) is 0 Å². The summed E-state index contributed by atoms with van der Waals surface area (Å²) in [5.41, 5.74) is 5.08. The SMILES string of the molecule is C=C(C)C(C=C(C)C)=C(C)C.C=CC.C=CC.CC.CCCC(C)CCC. The van der Waals surface area contributed by atoms with Gasteiger partial charge in [-0.25, -0.2) is 0 Å². The Hall–Kier alpha value is -1.30. The lowest BCUT2D eigenvalue weighted by Gasteiger charge is -2.05. The van der Waals surface area contributed by atoms with Crippen molar-refractivity contribution in [3.8, 4) is 0 Å². The molecule has 0 aromatic rings. The molecule has 162 valence electrons. The van der Waals surface area contributed by atoms with Crippen LogP contribution >= 0.6 is 0 Å². The van der Waals surface area contributed by atoms with Crippen molar-refractivity contribution >= 4 is 0 Å². The molecular formula is C27H54. The molecule has 0 atom stereocenters. The second kappa shape index (κ2) is 32.4. The van der Waals surface area contributed by atoms with E-state index in [9.17, 15) is 0 Å². The summed E-state index contributed by atoms with van der Waals surface area (Å²) < 4.78 is 0. The molecule has 0 aromatic heterocycles. The molecule has 0 nitrogen and oxygen atoms in total. The van der Waals surface area contributed by atoms with Gasteiger partial charge in [0, 0.05) is 0 Å². The monoisotopic (exact) mass is 378 g/mol. The zero-order valence-electron chi connectivity index (χ0n) is 21.3. The van der Waals surface area contributed by atoms with Crippen LogP contribution in [0, 0.1) is 5.92 Å². The molecule has 0 N–H and O–H groups in total. The molecular weight excluding hydrogens is 324 g/mol. The Labute approximate surface area is 175 Å². The lowest BCUT2D eigenvalue weighted by atomic mass is 10.0. The lowest BCUT2D eigenvalue weighted by Crippen LogP contribution is -1.91. The van der Waals surface area contributed by atoms with E-state index >= 15 is 0 Å². The third-order valence-corrected chi connectivity index (χ3v) is 2.99. The van der Waals surface area contributed by atoms with Crippen molar-refractivity contribution in [2.24, 2.45) is 5.92 Å². The number of allylic oxidation sites excluding steroid dienone is 7. The van der Waals surface area contributed by atoms with E-state index in [0.29, 0.717) is 0 Å². The highest BCUT2D eigenvalue weighted by Crippen LogP contribution is 2.15. The molecule has 0 spiro atoms. The van der Waals surface area contributed by atoms with Gasteiger partial charge < -0.3 is 0 Å². The maximum Gasteiger partial charge on any atom is -0.0247 e. The van der Waals surface area contributed by atoms with E-state index in [0.717, 1.165) is 11.5 Å². The average molecular weight is 379 g/mol. The van der Waals surface area contributed by atoms with E-state index in [1.165, 1.54) is 42.4 Å². The molecule has 0 radical (unpaired) electrons. The predicted octanol–water partition coefficient (Wildman–Crippen LogP) is 10.5. The van der Waals surface area contributed by atoms with Gasteiger partial charge in [-0.1, -0.05) is 102 Å². The zero-order chi connectivity index (χ0) is 22.8. The van der Waals surface area contributed by atoms with E-state index in [1.807, 2.05) is 34.6 Å². The van der Waals surface area contributed by atoms with Gasteiger partial charge in [0.25, 0.3) is 0 Å². The van der Waals surface area contributed by atoms with E-state index in [1.54, 1.807) is 12.2 Å². The second-order valence-electron chi connectivity index (χ2n) is 6.91. The van der Waals surface area contributed by atoms with Crippen LogP contribution in [0.1, 0.15) is 109 Å². The fourth-order valence-electron chi connectivity index (χ4n) is 2.11. The highest BCUT2D eigenvalue weighted by atomic mass is 14.0. The van der Waals surface area contributed by atoms with Gasteiger partial charge in [-0.2, -0.15) is 0 Å². The summed E-state index contributed by atoms with van der Waals surface area (Å²) in [7, 11) is 0. The van der Waals surface area contributed by atoms with Crippen LogP contribution in [0.25, 0.3) is 0 Å². The number of hydrogen-bond donors (Lipinski definition) is 0. The minimum absolute atomic E-state index is 0.963. The summed E-state index contributed by atoms with van der Waals surface area (Å²) >= 11 is 0. The third kappa shape index (κ3) is 45.6. The van der Waals surface area contributed by atoms with Crippen LogP contribution < -0.4 is 0 Å². The largest absolute Gasteiger partial charge is 0.103 e. The maximum atomic E-state index is 3.93. The van der Waals surface area contributed by atoms with Crippen molar-refractivity contribution in [3.63, 3.8) is 0 Å². The van der Waals surface area contributed by atoms with Crippen LogP contribution in [0.5, 0.6) is 0 Å². The molecule has 0 rings (SSSR count). The van der Waals surface area contributed by atoms with Gasteiger partial charge in [-0.15, -0.1) is 13.2 Å². The van der Waals surface area contributed by atoms with Crippen molar-refractivity contribution in [1.82, 2.24) is 0 Å². The van der Waals surface area contributed by atoms with Crippen LogP contribution in [0.4, 0.5) is 0 Å². The van der Waals surface area contributed by atoms with Gasteiger partial charge in [-0.3, -0.25) is 0 Å². The molecule has 0 bridgehead atoms. The van der Waals surface area contributed by atoms with Crippen LogP contribution in [-0.2, 0) is 0 Å². The Kier molecular flexibility index (Phi) is 43.9. The molecule has 0 fully saturated rings. The Morgan fingerprint density at radius 1 is 0.815 bits per heavy atom. The standard InChI is InChI=1S/C11H18.C8H18.2C3H6.C2H6/c1-8(2)7-11(9(3)4)10(5)6;1-4-6-8(3)7-5-2;2*1-3-2;1-2/h7H,3H2,1-2,4-6H3;8H,4-7H2,1-3H3;2*3H,1H2,2H3;1-2H3. The molecule has 27 heavy (non-hydrogen) atoms. The molecule has 0 heteroatoms. The highest BCUT2D eigenvalue weighted by molar-refractivity contribution is 5.40. The maximum absolute atomic E-state index is 3.93. The highest BCUT2D eigenvalue weighted by Gasteiger charge is 1.96. The summed E-state index contributed by atoms with van der Waals surface area (Å²) in [5.74, 6) is 0.963. The Morgan fingerprint density at radius 2 is 1.11 bits per heavy atom. The van der Waals surface area contributed by atoms with Crippen molar-refractivity contribution < 1.29 is 0 Å². The Balaban J connectivity index is -0.0000000880. The fourth-order valence-corrected chi connectivity index (χ4v) is 2.11. The van der Waals surface area contributed by atoms with E-state index in [2.05, 4.69) is 74.3 Å². The summed E-state index contributed by atoms with van der Waals surface area (Å²) in [5, 5.41) is 0. The summed E-state index contributed by atoms with van der Waals surface area (Å²) in [6, 6.07) is 0. The van der Waals surface area contributed by atoms with Crippen molar-refractivity contribution in [3.05, 3.63) is 60.3 Å². The molecule has 0 heterocycles. The van der Waals surface area contributed by atoms with Crippen LogP contribution in [-0.4, -0.2) is 0 Å². The summed E-state index contributed by atoms with van der Waals surface area (Å²) in [6.07, 6.45) is 11.2. The van der Waals surface area contributed by atoms with Crippen LogP contribution in [0.2, 0.25) is 0 Å². The molecule has 0 aliphatic rings. The molecule has 0 saturated carbocycles. The van der Waals surface area contributed by atoms with E-state index in [4.69, 9.17) is 0 Å². The van der Waals surface area contributed by atoms with Crippen LogP contribution in [0.15, 0.2) is 60.3 Å². The molecule has 0 unspecified atom stereocenters. The lowest BCUT2D eigenvalue weighted by molar-refractivity contribution is 0.480. The van der Waals surface area contributed by atoms with Gasteiger partial charge in [0.1, 0.15) is 0 Å². The number of hydrogen-bond acceptors (Lipinski definition) is 0. The minimum atomic E-state index is 0.963. The van der Waals surface area contributed by atoms with Crippen molar-refractivity contribution in [1.29, 1.82) is 0 Å². The molecule has 0 saturated heterocycles. The smallest absolute Gasteiger partial charge is 0.0247 e. The summed E-state index contributed by atoms with van der Waals surface area (Å²) in [4.78, 5) is 0. The predicted molar refractivity (Wildman–Crippen MR) is 135 cm³/mol. The first-order valence-electron chi connectivity index (χ1n) is 10.7. The molecule has 0 amide bonds. The molecule has 0 aliphatic carbocycles. The Bertz CT molecular complexity index is 357. The number of rotatable bonds is 6.